The number of aromatic nitrogens is 2. The second-order valence-corrected chi connectivity index (χ2v) is 8.69. The first-order chi connectivity index (χ1) is 14.1. The van der Waals surface area contributed by atoms with Crippen LogP contribution in [0.2, 0.25) is 0 Å². The zero-order chi connectivity index (χ0) is 20.2. The molecule has 1 aliphatic carbocycles. The number of carbonyl (C=O) groups is 1. The Balaban J connectivity index is 1.36. The van der Waals surface area contributed by atoms with Gasteiger partial charge in [0, 0.05) is 35.1 Å². The van der Waals surface area contributed by atoms with Crippen molar-refractivity contribution < 1.29 is 9.53 Å². The monoisotopic (exact) mass is 409 g/mol. The van der Waals surface area contributed by atoms with Gasteiger partial charge in [0.15, 0.2) is 0 Å². The summed E-state index contributed by atoms with van der Waals surface area (Å²) in [4.78, 5) is 18.4. The van der Waals surface area contributed by atoms with Crippen LogP contribution in [0.15, 0.2) is 41.9 Å². The average molecular weight is 410 g/mol. The van der Waals surface area contributed by atoms with E-state index in [1.165, 1.54) is 17.7 Å². The van der Waals surface area contributed by atoms with E-state index in [1.807, 2.05) is 32.0 Å². The molecule has 4 rings (SSSR count). The Bertz CT molecular complexity index is 955. The summed E-state index contributed by atoms with van der Waals surface area (Å²) in [5, 5.41) is 5.10. The second-order valence-electron chi connectivity index (χ2n) is 7.66. The van der Waals surface area contributed by atoms with Crippen LogP contribution in [-0.2, 0) is 13.1 Å². The van der Waals surface area contributed by atoms with E-state index in [-0.39, 0.29) is 5.91 Å². The van der Waals surface area contributed by atoms with Crippen molar-refractivity contribution in [3.05, 3.63) is 69.3 Å². The fourth-order valence-electron chi connectivity index (χ4n) is 3.87. The van der Waals surface area contributed by atoms with Crippen molar-refractivity contribution in [3.8, 4) is 5.88 Å². The molecule has 0 unspecified atom stereocenters. The molecule has 3 aromatic heterocycles. The first-order valence-electron chi connectivity index (χ1n) is 10.2. The number of carbonyl (C=O) groups excluding carboxylic acids is 1. The van der Waals surface area contributed by atoms with Crippen molar-refractivity contribution in [2.45, 2.75) is 58.7 Å². The smallest absolute Gasteiger partial charge is 0.253 e. The first-order valence-corrected chi connectivity index (χ1v) is 11.1. The number of aryl methyl sites for hydroxylation is 1. The standard InChI is InChI=1S/C23H27N3O2S/c1-16-12-21(17(2)26(16)15-20-8-5-11-29-20)23(27)25-14-18-9-10-22(24-13-18)28-19-6-3-4-7-19/h5,8-13,19H,3-4,6-7,14-15H2,1-2H3,(H,25,27). The van der Waals surface area contributed by atoms with Gasteiger partial charge in [0.05, 0.1) is 12.1 Å². The van der Waals surface area contributed by atoms with Crippen LogP contribution in [0.3, 0.4) is 0 Å². The van der Waals surface area contributed by atoms with Crippen LogP contribution in [0.1, 0.15) is 57.9 Å². The van der Waals surface area contributed by atoms with Crippen molar-refractivity contribution >= 4 is 17.2 Å². The molecule has 3 heterocycles. The maximum atomic E-state index is 12.7. The van der Waals surface area contributed by atoms with E-state index < -0.39 is 0 Å². The zero-order valence-corrected chi connectivity index (χ0v) is 17.8. The Hall–Kier alpha value is -2.60. The van der Waals surface area contributed by atoms with E-state index in [2.05, 4.69) is 32.4 Å². The summed E-state index contributed by atoms with van der Waals surface area (Å²) in [6, 6.07) is 10.0. The third-order valence-corrected chi connectivity index (χ3v) is 6.41. The molecule has 0 saturated heterocycles. The molecule has 0 spiro atoms. The van der Waals surface area contributed by atoms with E-state index >= 15 is 0 Å². The van der Waals surface area contributed by atoms with Crippen molar-refractivity contribution in [1.29, 1.82) is 0 Å². The zero-order valence-electron chi connectivity index (χ0n) is 17.0. The van der Waals surface area contributed by atoms with Crippen LogP contribution in [0.4, 0.5) is 0 Å². The Morgan fingerprint density at radius 1 is 1.28 bits per heavy atom. The summed E-state index contributed by atoms with van der Waals surface area (Å²) in [6.45, 7) is 5.30. The lowest BCUT2D eigenvalue weighted by atomic mass is 10.2. The summed E-state index contributed by atoms with van der Waals surface area (Å²) in [5.41, 5.74) is 3.78. The van der Waals surface area contributed by atoms with Crippen LogP contribution < -0.4 is 10.1 Å². The molecular formula is C23H27N3O2S. The van der Waals surface area contributed by atoms with Crippen LogP contribution >= 0.6 is 11.3 Å². The first kappa shape index (κ1) is 19.7. The van der Waals surface area contributed by atoms with Crippen molar-refractivity contribution in [1.82, 2.24) is 14.9 Å². The molecular weight excluding hydrogens is 382 g/mol. The molecule has 152 valence electrons. The molecule has 3 aromatic rings. The molecule has 0 aromatic carbocycles. The summed E-state index contributed by atoms with van der Waals surface area (Å²) < 4.78 is 8.09. The topological polar surface area (TPSA) is 56.1 Å². The lowest BCUT2D eigenvalue weighted by Crippen LogP contribution is -2.23. The third-order valence-electron chi connectivity index (χ3n) is 5.55. The van der Waals surface area contributed by atoms with Crippen LogP contribution in [-0.4, -0.2) is 21.6 Å². The fraction of sp³-hybridized carbons (Fsp3) is 0.391. The molecule has 0 atom stereocenters. The van der Waals surface area contributed by atoms with Crippen molar-refractivity contribution in [2.24, 2.45) is 0 Å². The molecule has 1 fully saturated rings. The normalized spacial score (nSPS) is 14.3. The van der Waals surface area contributed by atoms with E-state index in [0.717, 1.165) is 41.9 Å². The van der Waals surface area contributed by atoms with Gasteiger partial charge in [-0.05, 0) is 62.6 Å². The van der Waals surface area contributed by atoms with Crippen LogP contribution in [0, 0.1) is 13.8 Å². The lowest BCUT2D eigenvalue weighted by molar-refractivity contribution is 0.0950. The number of thiophene rings is 1. The molecule has 1 N–H and O–H groups in total. The van der Waals surface area contributed by atoms with Gasteiger partial charge in [-0.25, -0.2) is 4.98 Å². The highest BCUT2D eigenvalue weighted by molar-refractivity contribution is 7.09. The highest BCUT2D eigenvalue weighted by Crippen LogP contribution is 2.23. The van der Waals surface area contributed by atoms with Gasteiger partial charge >= 0.3 is 0 Å². The number of rotatable bonds is 7. The minimum absolute atomic E-state index is 0.0539. The molecule has 0 aliphatic heterocycles. The van der Waals surface area contributed by atoms with Crippen molar-refractivity contribution in [3.63, 3.8) is 0 Å². The third kappa shape index (κ3) is 4.70. The SMILES string of the molecule is Cc1cc(C(=O)NCc2ccc(OC3CCCC3)nc2)c(C)n1Cc1cccs1. The summed E-state index contributed by atoms with van der Waals surface area (Å²) in [5.74, 6) is 0.617. The largest absolute Gasteiger partial charge is 0.474 e. The summed E-state index contributed by atoms with van der Waals surface area (Å²) in [7, 11) is 0. The van der Waals surface area contributed by atoms with Gasteiger partial charge in [-0.3, -0.25) is 4.79 Å². The summed E-state index contributed by atoms with van der Waals surface area (Å²) in [6.07, 6.45) is 6.79. The molecule has 1 amide bonds. The van der Waals surface area contributed by atoms with Gasteiger partial charge in [-0.1, -0.05) is 12.1 Å². The molecule has 6 heteroatoms. The Labute approximate surface area is 175 Å². The number of ether oxygens (including phenoxy) is 1. The number of hydrogen-bond donors (Lipinski definition) is 1. The number of nitrogens with one attached hydrogen (secondary N) is 1. The molecule has 29 heavy (non-hydrogen) atoms. The van der Waals surface area contributed by atoms with Gasteiger partial charge in [-0.15, -0.1) is 11.3 Å². The van der Waals surface area contributed by atoms with Crippen molar-refractivity contribution in [2.75, 3.05) is 0 Å². The van der Waals surface area contributed by atoms with Gasteiger partial charge in [0.1, 0.15) is 6.10 Å². The number of amides is 1. The maximum Gasteiger partial charge on any atom is 0.253 e. The van der Waals surface area contributed by atoms with Gasteiger partial charge in [-0.2, -0.15) is 0 Å². The maximum absolute atomic E-state index is 12.7. The molecule has 5 nitrogen and oxygen atoms in total. The molecule has 1 aliphatic rings. The molecule has 1 saturated carbocycles. The van der Waals surface area contributed by atoms with E-state index in [1.54, 1.807) is 17.5 Å². The predicted molar refractivity (Wildman–Crippen MR) is 116 cm³/mol. The summed E-state index contributed by atoms with van der Waals surface area (Å²) >= 11 is 1.73. The van der Waals surface area contributed by atoms with Crippen LogP contribution in [0.25, 0.3) is 0 Å². The minimum Gasteiger partial charge on any atom is -0.474 e. The van der Waals surface area contributed by atoms with Crippen LogP contribution in [0.5, 0.6) is 5.88 Å². The Morgan fingerprint density at radius 3 is 2.79 bits per heavy atom. The Morgan fingerprint density at radius 2 is 2.10 bits per heavy atom. The minimum atomic E-state index is -0.0539. The van der Waals surface area contributed by atoms with Gasteiger partial charge in [0.25, 0.3) is 5.91 Å². The second kappa shape index (κ2) is 8.82. The predicted octanol–water partition coefficient (Wildman–Crippen LogP) is 4.86. The lowest BCUT2D eigenvalue weighted by Gasteiger charge is -2.12. The van der Waals surface area contributed by atoms with E-state index in [0.29, 0.717) is 18.5 Å². The van der Waals surface area contributed by atoms with E-state index in [4.69, 9.17) is 4.74 Å². The van der Waals surface area contributed by atoms with Gasteiger partial charge < -0.3 is 14.6 Å². The van der Waals surface area contributed by atoms with Gasteiger partial charge in [0.2, 0.25) is 5.88 Å². The van der Waals surface area contributed by atoms with E-state index in [9.17, 15) is 4.79 Å². The number of pyridine rings is 1. The number of hydrogen-bond acceptors (Lipinski definition) is 4. The number of nitrogens with zero attached hydrogens (tertiary/aromatic N) is 2. The fourth-order valence-corrected chi connectivity index (χ4v) is 4.57. The quantitative estimate of drug-likeness (QED) is 0.606. The molecule has 0 bridgehead atoms. The average Bonchev–Trinajstić information content (AvgIpc) is 3.47. The Kier molecular flexibility index (Phi) is 6.00. The highest BCUT2D eigenvalue weighted by atomic mass is 32.1. The molecule has 0 radical (unpaired) electrons. The highest BCUT2D eigenvalue weighted by Gasteiger charge is 2.18.